The first-order valence-corrected chi connectivity index (χ1v) is 20.6. The summed E-state index contributed by atoms with van der Waals surface area (Å²) in [6, 6.07) is 51.4. The number of nitrogens with zero attached hydrogens (tertiary/aromatic N) is 3. The molecule has 0 aliphatic heterocycles. The Morgan fingerprint density at radius 1 is 0.569 bits per heavy atom. The summed E-state index contributed by atoms with van der Waals surface area (Å²) in [5.41, 5.74) is 7.97. The highest BCUT2D eigenvalue weighted by Crippen LogP contribution is 2.60. The summed E-state index contributed by atoms with van der Waals surface area (Å²) in [6.07, 6.45) is 5.06. The molecule has 9 rings (SSSR count). The number of hydrogen-bond acceptors (Lipinski definition) is 4. The van der Waals surface area contributed by atoms with E-state index in [1.807, 2.05) is 43.7 Å². The van der Waals surface area contributed by atoms with Crippen LogP contribution in [0.1, 0.15) is 36.8 Å². The standard InChI is InChI=1S/C46H40N3OP/c1-51(2,50)40-15-8-14-36(29-40)32-19-24-37(25-20-32)46(30-31-18-23-39(46)28-31)38-26-21-35(22-27-38)44-47-43(34-11-4-3-5-12-34)48-45(49-44)42-17-9-13-33-10-6-7-16-41(33)42/h3-17,19-22,24-27,29,31,39H,18,23,28,30H2,1-2H3. The van der Waals surface area contributed by atoms with Crippen molar-refractivity contribution in [3.05, 3.63) is 157 Å². The molecule has 0 amide bonds. The maximum absolute atomic E-state index is 12.8. The Kier molecular flexibility index (Phi) is 7.82. The molecule has 3 atom stereocenters. The van der Waals surface area contributed by atoms with Gasteiger partial charge >= 0.3 is 0 Å². The minimum atomic E-state index is -2.34. The van der Waals surface area contributed by atoms with Gasteiger partial charge in [0.1, 0.15) is 7.14 Å². The highest BCUT2D eigenvalue weighted by atomic mass is 31.2. The van der Waals surface area contributed by atoms with Gasteiger partial charge in [0.2, 0.25) is 0 Å². The highest BCUT2D eigenvalue weighted by Gasteiger charge is 2.52. The monoisotopic (exact) mass is 681 g/mol. The van der Waals surface area contributed by atoms with Crippen molar-refractivity contribution in [2.45, 2.75) is 31.1 Å². The Morgan fingerprint density at radius 2 is 1.16 bits per heavy atom. The van der Waals surface area contributed by atoms with E-state index >= 15 is 0 Å². The van der Waals surface area contributed by atoms with Gasteiger partial charge < -0.3 is 4.57 Å². The van der Waals surface area contributed by atoms with Crippen LogP contribution in [-0.2, 0) is 9.98 Å². The summed E-state index contributed by atoms with van der Waals surface area (Å²) >= 11 is 0. The first kappa shape index (κ1) is 31.8. The molecule has 5 heteroatoms. The smallest absolute Gasteiger partial charge is 0.164 e. The lowest BCUT2D eigenvalue weighted by Gasteiger charge is -2.39. The largest absolute Gasteiger partial charge is 0.319 e. The molecular formula is C46H40N3OP. The molecule has 0 spiro atoms. The maximum atomic E-state index is 12.8. The fraction of sp³-hybridized carbons (Fsp3) is 0.196. The molecule has 2 aliphatic carbocycles. The Bertz CT molecular complexity index is 2430. The van der Waals surface area contributed by atoms with E-state index < -0.39 is 7.14 Å². The molecule has 0 radical (unpaired) electrons. The lowest BCUT2D eigenvalue weighted by atomic mass is 9.64. The van der Waals surface area contributed by atoms with Gasteiger partial charge in [-0.25, -0.2) is 15.0 Å². The van der Waals surface area contributed by atoms with Crippen LogP contribution in [0.25, 0.3) is 56.1 Å². The first-order chi connectivity index (χ1) is 24.8. The first-order valence-electron chi connectivity index (χ1n) is 18.0. The van der Waals surface area contributed by atoms with E-state index in [0.717, 1.165) is 49.8 Å². The molecule has 3 unspecified atom stereocenters. The molecule has 0 saturated heterocycles. The van der Waals surface area contributed by atoms with Crippen LogP contribution in [-0.4, -0.2) is 28.3 Å². The predicted molar refractivity (Wildman–Crippen MR) is 211 cm³/mol. The van der Waals surface area contributed by atoms with E-state index in [1.54, 1.807) is 0 Å². The van der Waals surface area contributed by atoms with Crippen molar-refractivity contribution in [1.29, 1.82) is 0 Å². The second-order valence-corrected chi connectivity index (χ2v) is 18.0. The van der Waals surface area contributed by atoms with E-state index in [0.29, 0.717) is 23.4 Å². The average Bonchev–Trinajstić information content (AvgIpc) is 3.81. The van der Waals surface area contributed by atoms with Gasteiger partial charge in [-0.2, -0.15) is 0 Å². The van der Waals surface area contributed by atoms with Crippen molar-refractivity contribution in [3.8, 4) is 45.3 Å². The molecule has 7 aromatic rings. The molecule has 6 aromatic carbocycles. The molecule has 4 nitrogen and oxygen atoms in total. The lowest BCUT2D eigenvalue weighted by Crippen LogP contribution is -2.34. The SMILES string of the molecule is CP(C)(=O)c1cccc(-c2ccc(C3(c4ccc(-c5nc(-c6ccccc6)nc(-c6cccc7ccccc67)n5)cc4)CC4CCC3C4)cc2)c1. The minimum absolute atomic E-state index is 0.0211. The van der Waals surface area contributed by atoms with Crippen LogP contribution in [0.15, 0.2) is 146 Å². The van der Waals surface area contributed by atoms with Crippen molar-refractivity contribution >= 4 is 23.2 Å². The number of fused-ring (bicyclic) bond motifs is 3. The number of benzene rings is 6. The molecule has 2 saturated carbocycles. The van der Waals surface area contributed by atoms with Crippen LogP contribution in [0, 0.1) is 11.8 Å². The van der Waals surface area contributed by atoms with Gasteiger partial charge in [-0.15, -0.1) is 0 Å². The van der Waals surface area contributed by atoms with Crippen molar-refractivity contribution < 1.29 is 4.57 Å². The molecule has 51 heavy (non-hydrogen) atoms. The number of aromatic nitrogens is 3. The number of hydrogen-bond donors (Lipinski definition) is 0. The molecule has 2 aliphatic rings. The van der Waals surface area contributed by atoms with Gasteiger partial charge in [0.15, 0.2) is 17.5 Å². The topological polar surface area (TPSA) is 55.7 Å². The maximum Gasteiger partial charge on any atom is 0.164 e. The second-order valence-electron chi connectivity index (χ2n) is 14.8. The summed E-state index contributed by atoms with van der Waals surface area (Å²) < 4.78 is 12.8. The number of rotatable bonds is 7. The van der Waals surface area contributed by atoms with E-state index in [-0.39, 0.29) is 5.41 Å². The lowest BCUT2D eigenvalue weighted by molar-refractivity contribution is 0.320. The van der Waals surface area contributed by atoms with E-state index in [4.69, 9.17) is 15.0 Å². The summed E-state index contributed by atoms with van der Waals surface area (Å²) in [5.74, 6) is 3.40. The van der Waals surface area contributed by atoms with Gasteiger partial charge in [0, 0.05) is 27.4 Å². The van der Waals surface area contributed by atoms with Crippen molar-refractivity contribution in [2.24, 2.45) is 11.8 Å². The molecule has 1 heterocycles. The van der Waals surface area contributed by atoms with E-state index in [1.165, 1.54) is 36.8 Å². The van der Waals surface area contributed by atoms with Crippen LogP contribution in [0.2, 0.25) is 0 Å². The molecule has 2 bridgehead atoms. The van der Waals surface area contributed by atoms with E-state index in [2.05, 4.69) is 115 Å². The van der Waals surface area contributed by atoms with Crippen molar-refractivity contribution in [2.75, 3.05) is 13.3 Å². The zero-order valence-electron chi connectivity index (χ0n) is 29.0. The van der Waals surface area contributed by atoms with Gasteiger partial charge in [-0.05, 0) is 83.5 Å². The molecule has 250 valence electrons. The molecular weight excluding hydrogens is 642 g/mol. The molecule has 1 aromatic heterocycles. The third-order valence-electron chi connectivity index (χ3n) is 11.4. The normalized spacial score (nSPS) is 19.8. The fourth-order valence-electron chi connectivity index (χ4n) is 8.86. The fourth-order valence-corrected chi connectivity index (χ4v) is 9.76. The third-order valence-corrected chi connectivity index (χ3v) is 12.9. The second kappa shape index (κ2) is 12.5. The van der Waals surface area contributed by atoms with Crippen LogP contribution in [0.3, 0.4) is 0 Å². The Labute approximate surface area is 300 Å². The molecule has 2 fully saturated rings. The Morgan fingerprint density at radius 3 is 1.82 bits per heavy atom. The van der Waals surface area contributed by atoms with Crippen LogP contribution in [0.4, 0.5) is 0 Å². The average molecular weight is 682 g/mol. The van der Waals surface area contributed by atoms with Gasteiger partial charge in [-0.1, -0.05) is 146 Å². The third kappa shape index (κ3) is 5.72. The van der Waals surface area contributed by atoms with Crippen molar-refractivity contribution in [3.63, 3.8) is 0 Å². The van der Waals surface area contributed by atoms with Gasteiger partial charge in [0.05, 0.1) is 0 Å². The van der Waals surface area contributed by atoms with Crippen LogP contribution < -0.4 is 5.30 Å². The van der Waals surface area contributed by atoms with Crippen molar-refractivity contribution in [1.82, 2.24) is 15.0 Å². The minimum Gasteiger partial charge on any atom is -0.319 e. The zero-order chi connectivity index (χ0) is 34.6. The summed E-state index contributed by atoms with van der Waals surface area (Å²) in [7, 11) is -2.34. The summed E-state index contributed by atoms with van der Waals surface area (Å²) in [6.45, 7) is 3.68. The van der Waals surface area contributed by atoms with Gasteiger partial charge in [-0.3, -0.25) is 0 Å². The van der Waals surface area contributed by atoms with Crippen LogP contribution in [0.5, 0.6) is 0 Å². The zero-order valence-corrected chi connectivity index (χ0v) is 29.9. The van der Waals surface area contributed by atoms with Gasteiger partial charge in [0.25, 0.3) is 0 Å². The highest BCUT2D eigenvalue weighted by molar-refractivity contribution is 7.70. The summed E-state index contributed by atoms with van der Waals surface area (Å²) in [5, 5.41) is 3.21. The molecule has 0 N–H and O–H groups in total. The predicted octanol–water partition coefficient (Wildman–Crippen LogP) is 11.0. The Hall–Kier alpha value is -5.18. The Balaban J connectivity index is 1.11. The van der Waals surface area contributed by atoms with E-state index in [9.17, 15) is 4.57 Å². The quantitative estimate of drug-likeness (QED) is 0.157. The van der Waals surface area contributed by atoms with Crippen LogP contribution >= 0.6 is 7.14 Å². The summed E-state index contributed by atoms with van der Waals surface area (Å²) in [4.78, 5) is 15.2.